The van der Waals surface area contributed by atoms with Gasteiger partial charge in [0.05, 0.1) is 6.26 Å². The number of benzene rings is 1. The largest absolute Gasteiger partial charge is 0.464 e. The lowest BCUT2D eigenvalue weighted by Crippen LogP contribution is -2.33. The maximum Gasteiger partial charge on any atom is 0.134 e. The number of nitrogens with one attached hydrogen (secondary N) is 1. The van der Waals surface area contributed by atoms with E-state index in [1.165, 1.54) is 10.9 Å². The summed E-state index contributed by atoms with van der Waals surface area (Å²) < 4.78 is 5.51. The first-order valence-corrected chi connectivity index (χ1v) is 6.54. The van der Waals surface area contributed by atoms with Gasteiger partial charge in [0, 0.05) is 36.6 Å². The van der Waals surface area contributed by atoms with Crippen LogP contribution >= 0.6 is 0 Å². The molecule has 0 saturated heterocycles. The van der Waals surface area contributed by atoms with Crippen molar-refractivity contribution in [3.63, 3.8) is 0 Å². The predicted molar refractivity (Wildman–Crippen MR) is 75.7 cm³/mol. The Morgan fingerprint density at radius 2 is 2.06 bits per heavy atom. The van der Waals surface area contributed by atoms with Crippen molar-refractivity contribution in [3.8, 4) is 0 Å². The lowest BCUT2D eigenvalue weighted by molar-refractivity contribution is 0.273. The topological polar surface area (TPSA) is 28.4 Å². The molecule has 0 spiro atoms. The second kappa shape index (κ2) is 6.03. The van der Waals surface area contributed by atoms with Crippen LogP contribution in [-0.4, -0.2) is 31.1 Å². The second-order valence-corrected chi connectivity index (χ2v) is 5.01. The first kappa shape index (κ1) is 13.1. The highest BCUT2D eigenvalue weighted by molar-refractivity contribution is 5.80. The third kappa shape index (κ3) is 3.12. The van der Waals surface area contributed by atoms with Crippen molar-refractivity contribution in [1.29, 1.82) is 0 Å². The molecule has 2 rings (SSSR count). The van der Waals surface area contributed by atoms with E-state index in [2.05, 4.69) is 37.2 Å². The summed E-state index contributed by atoms with van der Waals surface area (Å²) >= 11 is 0. The Morgan fingerprint density at radius 1 is 1.28 bits per heavy atom. The molecule has 1 aromatic heterocycles. The summed E-state index contributed by atoms with van der Waals surface area (Å²) in [5.41, 5.74) is 2.20. The molecule has 1 aromatic carbocycles. The molecule has 0 aliphatic heterocycles. The fourth-order valence-electron chi connectivity index (χ4n) is 1.91. The van der Waals surface area contributed by atoms with Gasteiger partial charge >= 0.3 is 0 Å². The number of rotatable bonds is 6. The molecule has 98 valence electrons. The summed E-state index contributed by atoms with van der Waals surface area (Å²) in [6.45, 7) is 7.34. The standard InChI is InChI=1S/C15H22N2O/c1-12(2)17(3)9-8-16-10-13-11-18-15-7-5-4-6-14(13)15/h4-7,11-12,16H,8-10H2,1-3H3. The number of likely N-dealkylation sites (N-methyl/N-ethyl adjacent to an activating group) is 1. The van der Waals surface area contributed by atoms with Crippen molar-refractivity contribution in [2.24, 2.45) is 0 Å². The van der Waals surface area contributed by atoms with Crippen molar-refractivity contribution in [2.75, 3.05) is 20.1 Å². The van der Waals surface area contributed by atoms with Crippen molar-refractivity contribution >= 4 is 11.0 Å². The van der Waals surface area contributed by atoms with E-state index in [-0.39, 0.29) is 0 Å². The summed E-state index contributed by atoms with van der Waals surface area (Å²) in [6.07, 6.45) is 1.85. The van der Waals surface area contributed by atoms with E-state index >= 15 is 0 Å². The normalized spacial score (nSPS) is 11.8. The highest BCUT2D eigenvalue weighted by Gasteiger charge is 2.05. The fraction of sp³-hybridized carbons (Fsp3) is 0.467. The molecule has 0 amide bonds. The van der Waals surface area contributed by atoms with Crippen LogP contribution in [0.5, 0.6) is 0 Å². The van der Waals surface area contributed by atoms with Crippen LogP contribution in [-0.2, 0) is 6.54 Å². The average molecular weight is 246 g/mol. The maximum absolute atomic E-state index is 5.51. The lowest BCUT2D eigenvalue weighted by atomic mass is 10.2. The third-order valence-corrected chi connectivity index (χ3v) is 3.40. The van der Waals surface area contributed by atoms with Crippen LogP contribution in [0.2, 0.25) is 0 Å². The monoisotopic (exact) mass is 246 g/mol. The van der Waals surface area contributed by atoms with E-state index in [1.807, 2.05) is 24.5 Å². The number of para-hydroxylation sites is 1. The number of hydrogen-bond donors (Lipinski definition) is 1. The van der Waals surface area contributed by atoms with Crippen LogP contribution in [0, 0.1) is 0 Å². The SMILES string of the molecule is CC(C)N(C)CCNCc1coc2ccccc12. The molecular formula is C15H22N2O. The molecule has 3 heteroatoms. The molecule has 0 aliphatic rings. The lowest BCUT2D eigenvalue weighted by Gasteiger charge is -2.20. The van der Waals surface area contributed by atoms with Crippen molar-refractivity contribution < 1.29 is 4.42 Å². The van der Waals surface area contributed by atoms with Gasteiger partial charge in [-0.25, -0.2) is 0 Å². The summed E-state index contributed by atoms with van der Waals surface area (Å²) in [7, 11) is 2.15. The van der Waals surface area contributed by atoms with E-state index in [1.54, 1.807) is 0 Å². The van der Waals surface area contributed by atoms with Crippen LogP contribution < -0.4 is 5.32 Å². The second-order valence-electron chi connectivity index (χ2n) is 5.01. The fourth-order valence-corrected chi connectivity index (χ4v) is 1.91. The zero-order chi connectivity index (χ0) is 13.0. The highest BCUT2D eigenvalue weighted by Crippen LogP contribution is 2.20. The van der Waals surface area contributed by atoms with Gasteiger partial charge in [0.25, 0.3) is 0 Å². The van der Waals surface area contributed by atoms with Gasteiger partial charge in [-0.2, -0.15) is 0 Å². The zero-order valence-electron chi connectivity index (χ0n) is 11.4. The molecule has 0 atom stereocenters. The minimum Gasteiger partial charge on any atom is -0.464 e. The molecule has 1 N–H and O–H groups in total. The molecule has 1 heterocycles. The van der Waals surface area contributed by atoms with Gasteiger partial charge in [-0.05, 0) is 27.0 Å². The Labute approximate surface area is 109 Å². The summed E-state index contributed by atoms with van der Waals surface area (Å²) in [5.74, 6) is 0. The summed E-state index contributed by atoms with van der Waals surface area (Å²) in [5, 5.41) is 4.67. The number of furan rings is 1. The smallest absolute Gasteiger partial charge is 0.134 e. The van der Waals surface area contributed by atoms with Gasteiger partial charge in [0.2, 0.25) is 0 Å². The molecule has 0 fully saturated rings. The quantitative estimate of drug-likeness (QED) is 0.794. The minimum absolute atomic E-state index is 0.599. The minimum atomic E-state index is 0.599. The van der Waals surface area contributed by atoms with Gasteiger partial charge in [-0.15, -0.1) is 0 Å². The Balaban J connectivity index is 1.84. The number of hydrogen-bond acceptors (Lipinski definition) is 3. The molecular weight excluding hydrogens is 224 g/mol. The summed E-state index contributed by atoms with van der Waals surface area (Å²) in [6, 6.07) is 8.76. The van der Waals surface area contributed by atoms with Crippen molar-refractivity contribution in [1.82, 2.24) is 10.2 Å². The summed E-state index contributed by atoms with van der Waals surface area (Å²) in [4.78, 5) is 2.33. The van der Waals surface area contributed by atoms with Crippen molar-refractivity contribution in [2.45, 2.75) is 26.4 Å². The van der Waals surface area contributed by atoms with Crippen LogP contribution in [0.25, 0.3) is 11.0 Å². The van der Waals surface area contributed by atoms with E-state index in [0.717, 1.165) is 25.2 Å². The maximum atomic E-state index is 5.51. The number of fused-ring (bicyclic) bond motifs is 1. The molecule has 18 heavy (non-hydrogen) atoms. The van der Waals surface area contributed by atoms with Crippen LogP contribution in [0.4, 0.5) is 0 Å². The van der Waals surface area contributed by atoms with E-state index < -0.39 is 0 Å². The van der Waals surface area contributed by atoms with Gasteiger partial charge in [-0.3, -0.25) is 0 Å². The Kier molecular flexibility index (Phi) is 4.39. The first-order valence-electron chi connectivity index (χ1n) is 6.54. The molecule has 0 radical (unpaired) electrons. The Morgan fingerprint density at radius 3 is 2.83 bits per heavy atom. The predicted octanol–water partition coefficient (Wildman–Crippen LogP) is 2.86. The molecule has 0 unspecified atom stereocenters. The molecule has 2 aromatic rings. The van der Waals surface area contributed by atoms with Crippen LogP contribution in [0.1, 0.15) is 19.4 Å². The van der Waals surface area contributed by atoms with Crippen LogP contribution in [0.15, 0.2) is 34.9 Å². The van der Waals surface area contributed by atoms with Gasteiger partial charge in [0.1, 0.15) is 5.58 Å². The third-order valence-electron chi connectivity index (χ3n) is 3.40. The van der Waals surface area contributed by atoms with Gasteiger partial charge in [-0.1, -0.05) is 18.2 Å². The van der Waals surface area contributed by atoms with Gasteiger partial charge in [0.15, 0.2) is 0 Å². The molecule has 0 saturated carbocycles. The van der Waals surface area contributed by atoms with Crippen LogP contribution in [0.3, 0.4) is 0 Å². The first-order chi connectivity index (χ1) is 8.68. The van der Waals surface area contributed by atoms with E-state index in [9.17, 15) is 0 Å². The van der Waals surface area contributed by atoms with E-state index in [4.69, 9.17) is 4.42 Å². The molecule has 0 bridgehead atoms. The average Bonchev–Trinajstić information content (AvgIpc) is 2.77. The van der Waals surface area contributed by atoms with E-state index in [0.29, 0.717) is 6.04 Å². The Bertz CT molecular complexity index is 490. The number of nitrogens with zero attached hydrogens (tertiary/aromatic N) is 1. The molecule has 3 nitrogen and oxygen atoms in total. The zero-order valence-corrected chi connectivity index (χ0v) is 11.4. The van der Waals surface area contributed by atoms with Gasteiger partial charge < -0.3 is 14.6 Å². The van der Waals surface area contributed by atoms with Crippen molar-refractivity contribution in [3.05, 3.63) is 36.1 Å². The molecule has 0 aliphatic carbocycles. The highest BCUT2D eigenvalue weighted by atomic mass is 16.3. The Hall–Kier alpha value is -1.32.